The second-order valence-electron chi connectivity index (χ2n) is 6.76. The predicted molar refractivity (Wildman–Crippen MR) is 97.3 cm³/mol. The van der Waals surface area contributed by atoms with E-state index in [1.165, 1.54) is 0 Å². The molecular weight excluding hydrogens is 346 g/mol. The monoisotopic (exact) mass is 367 g/mol. The third-order valence-corrected chi connectivity index (χ3v) is 4.89. The number of hydrogen-bond donors (Lipinski definition) is 1. The first-order valence-electron chi connectivity index (χ1n) is 9.04. The molecule has 2 aliphatic rings. The van der Waals surface area contributed by atoms with Gasteiger partial charge < -0.3 is 19.5 Å². The first-order valence-corrected chi connectivity index (χ1v) is 9.04. The highest BCUT2D eigenvalue weighted by molar-refractivity contribution is 5.92. The molecule has 1 N–H and O–H groups in total. The average molecular weight is 367 g/mol. The summed E-state index contributed by atoms with van der Waals surface area (Å²) in [5.74, 6) is -0.0617. The molecule has 0 aromatic heterocycles. The van der Waals surface area contributed by atoms with Crippen LogP contribution in [0.15, 0.2) is 42.5 Å². The van der Waals surface area contributed by atoms with Crippen molar-refractivity contribution in [3.8, 4) is 5.75 Å². The molecule has 6 nitrogen and oxygen atoms in total. The van der Waals surface area contributed by atoms with Crippen LogP contribution in [0.25, 0.3) is 0 Å². The first kappa shape index (κ1) is 17.5. The molecule has 0 aliphatic carbocycles. The number of ether oxygens (including phenoxy) is 3. The lowest BCUT2D eigenvalue weighted by Crippen LogP contribution is -2.39. The van der Waals surface area contributed by atoms with E-state index in [4.69, 9.17) is 14.2 Å². The topological polar surface area (TPSA) is 73.9 Å². The molecule has 2 atom stereocenters. The van der Waals surface area contributed by atoms with Gasteiger partial charge in [0.2, 0.25) is 0 Å². The van der Waals surface area contributed by atoms with E-state index in [0.717, 1.165) is 22.4 Å². The van der Waals surface area contributed by atoms with Gasteiger partial charge in [0.25, 0.3) is 5.91 Å². The summed E-state index contributed by atoms with van der Waals surface area (Å²) in [5.41, 5.74) is 3.43. The molecule has 6 heteroatoms. The number of rotatable bonds is 4. The van der Waals surface area contributed by atoms with E-state index < -0.39 is 12.1 Å². The van der Waals surface area contributed by atoms with Crippen LogP contribution >= 0.6 is 0 Å². The number of benzene rings is 2. The average Bonchev–Trinajstić information content (AvgIpc) is 3.16. The zero-order valence-corrected chi connectivity index (χ0v) is 15.1. The summed E-state index contributed by atoms with van der Waals surface area (Å²) in [6.45, 7) is 3.17. The molecule has 4 rings (SSSR count). The maximum Gasteiger partial charge on any atom is 0.338 e. The Balaban J connectivity index is 1.39. The molecule has 0 radical (unpaired) electrons. The summed E-state index contributed by atoms with van der Waals surface area (Å²) < 4.78 is 16.3. The summed E-state index contributed by atoms with van der Waals surface area (Å²) >= 11 is 0. The molecule has 2 heterocycles. The molecule has 2 aromatic rings. The fraction of sp³-hybridized carbons (Fsp3) is 0.333. The van der Waals surface area contributed by atoms with Crippen molar-refractivity contribution in [2.24, 2.45) is 0 Å². The van der Waals surface area contributed by atoms with Crippen molar-refractivity contribution in [1.82, 2.24) is 5.32 Å². The minimum atomic E-state index is -0.892. The zero-order valence-electron chi connectivity index (χ0n) is 15.1. The molecule has 0 fully saturated rings. The van der Waals surface area contributed by atoms with Gasteiger partial charge in [-0.3, -0.25) is 4.79 Å². The Morgan fingerprint density at radius 1 is 1.15 bits per heavy atom. The lowest BCUT2D eigenvalue weighted by atomic mass is 10.0. The Morgan fingerprint density at radius 2 is 1.96 bits per heavy atom. The molecule has 2 aromatic carbocycles. The van der Waals surface area contributed by atoms with E-state index in [1.807, 2.05) is 30.3 Å². The van der Waals surface area contributed by atoms with Gasteiger partial charge in [0, 0.05) is 12.0 Å². The van der Waals surface area contributed by atoms with Crippen molar-refractivity contribution < 1.29 is 23.8 Å². The SMILES string of the molecule is C[C@H](OC(=O)c1ccc2c(c1)COC2)C(=O)N[C@@H]1CCOc2ccccc21. The maximum atomic E-state index is 12.5. The number of carbonyl (C=O) groups is 2. The fourth-order valence-electron chi connectivity index (χ4n) is 3.36. The highest BCUT2D eigenvalue weighted by Gasteiger charge is 2.26. The largest absolute Gasteiger partial charge is 0.493 e. The second kappa shape index (κ2) is 7.40. The Bertz CT molecular complexity index is 879. The molecule has 1 amide bonds. The smallest absolute Gasteiger partial charge is 0.338 e. The van der Waals surface area contributed by atoms with E-state index in [1.54, 1.807) is 19.1 Å². The minimum Gasteiger partial charge on any atom is -0.493 e. The van der Waals surface area contributed by atoms with Crippen LogP contribution in [0, 0.1) is 0 Å². The number of fused-ring (bicyclic) bond motifs is 2. The van der Waals surface area contributed by atoms with E-state index in [9.17, 15) is 9.59 Å². The van der Waals surface area contributed by atoms with Crippen LogP contribution in [-0.4, -0.2) is 24.6 Å². The molecule has 140 valence electrons. The van der Waals surface area contributed by atoms with Gasteiger partial charge in [0.05, 0.1) is 31.4 Å². The van der Waals surface area contributed by atoms with Crippen LogP contribution in [0.4, 0.5) is 0 Å². The Kier molecular flexibility index (Phi) is 4.81. The number of esters is 1. The van der Waals surface area contributed by atoms with Crippen molar-refractivity contribution >= 4 is 11.9 Å². The van der Waals surface area contributed by atoms with Crippen molar-refractivity contribution in [2.45, 2.75) is 38.7 Å². The summed E-state index contributed by atoms with van der Waals surface area (Å²) in [4.78, 5) is 24.9. The molecule has 27 heavy (non-hydrogen) atoms. The van der Waals surface area contributed by atoms with Gasteiger partial charge in [-0.15, -0.1) is 0 Å². The van der Waals surface area contributed by atoms with Gasteiger partial charge >= 0.3 is 5.97 Å². The lowest BCUT2D eigenvalue weighted by Gasteiger charge is -2.27. The molecule has 2 aliphatic heterocycles. The molecular formula is C21H21NO5. The van der Waals surface area contributed by atoms with Gasteiger partial charge in [0.15, 0.2) is 6.10 Å². The number of hydrogen-bond acceptors (Lipinski definition) is 5. The van der Waals surface area contributed by atoms with Gasteiger partial charge in [0.1, 0.15) is 5.75 Å². The highest BCUT2D eigenvalue weighted by atomic mass is 16.5. The second-order valence-corrected chi connectivity index (χ2v) is 6.76. The number of carbonyl (C=O) groups excluding carboxylic acids is 2. The first-order chi connectivity index (χ1) is 13.1. The normalized spacial score (nSPS) is 18.6. The molecule has 0 spiro atoms. The van der Waals surface area contributed by atoms with Crippen molar-refractivity contribution in [3.63, 3.8) is 0 Å². The van der Waals surface area contributed by atoms with Crippen LogP contribution in [0.3, 0.4) is 0 Å². The predicted octanol–water partition coefficient (Wildman–Crippen LogP) is 2.90. The summed E-state index contributed by atoms with van der Waals surface area (Å²) in [6, 6.07) is 12.8. The maximum absolute atomic E-state index is 12.5. The lowest BCUT2D eigenvalue weighted by molar-refractivity contribution is -0.130. The molecule has 0 bridgehead atoms. The van der Waals surface area contributed by atoms with Gasteiger partial charge in [-0.05, 0) is 36.2 Å². The van der Waals surface area contributed by atoms with E-state index >= 15 is 0 Å². The quantitative estimate of drug-likeness (QED) is 0.841. The van der Waals surface area contributed by atoms with Crippen LogP contribution in [0.2, 0.25) is 0 Å². The van der Waals surface area contributed by atoms with E-state index in [-0.39, 0.29) is 11.9 Å². The van der Waals surface area contributed by atoms with Crippen molar-refractivity contribution in [2.75, 3.05) is 6.61 Å². The Labute approximate surface area is 157 Å². The van der Waals surface area contributed by atoms with Crippen LogP contribution < -0.4 is 10.1 Å². The summed E-state index contributed by atoms with van der Waals surface area (Å²) in [5, 5.41) is 2.96. The van der Waals surface area contributed by atoms with Gasteiger partial charge in [-0.25, -0.2) is 4.79 Å². The summed E-state index contributed by atoms with van der Waals surface area (Å²) in [7, 11) is 0. The minimum absolute atomic E-state index is 0.152. The molecule has 0 unspecified atom stereocenters. The standard InChI is InChI=1S/C21H21NO5/c1-13(27-21(24)14-6-7-15-11-25-12-16(15)10-14)20(23)22-18-8-9-26-19-5-3-2-4-17(18)19/h2-7,10,13,18H,8-9,11-12H2,1H3,(H,22,23)/t13-,18+/m0/s1. The number of para-hydroxylation sites is 1. The Morgan fingerprint density at radius 3 is 2.85 bits per heavy atom. The van der Waals surface area contributed by atoms with Crippen LogP contribution in [0.5, 0.6) is 5.75 Å². The zero-order chi connectivity index (χ0) is 18.8. The van der Waals surface area contributed by atoms with E-state index in [0.29, 0.717) is 31.8 Å². The molecule has 0 saturated heterocycles. The van der Waals surface area contributed by atoms with Crippen LogP contribution in [-0.2, 0) is 27.5 Å². The van der Waals surface area contributed by atoms with Crippen molar-refractivity contribution in [3.05, 3.63) is 64.7 Å². The highest BCUT2D eigenvalue weighted by Crippen LogP contribution is 2.31. The van der Waals surface area contributed by atoms with Gasteiger partial charge in [-0.1, -0.05) is 24.3 Å². The molecule has 0 saturated carbocycles. The third-order valence-electron chi connectivity index (χ3n) is 4.89. The fourth-order valence-corrected chi connectivity index (χ4v) is 3.36. The third kappa shape index (κ3) is 3.66. The van der Waals surface area contributed by atoms with Gasteiger partial charge in [-0.2, -0.15) is 0 Å². The van der Waals surface area contributed by atoms with Crippen LogP contribution in [0.1, 0.15) is 46.4 Å². The number of amides is 1. The van der Waals surface area contributed by atoms with Crippen molar-refractivity contribution in [1.29, 1.82) is 0 Å². The number of nitrogens with one attached hydrogen (secondary N) is 1. The van der Waals surface area contributed by atoms with E-state index in [2.05, 4.69) is 5.32 Å². The summed E-state index contributed by atoms with van der Waals surface area (Å²) in [6.07, 6.45) is -0.217. The Hall–Kier alpha value is -2.86.